The van der Waals surface area contributed by atoms with Gasteiger partial charge in [0.1, 0.15) is 12.4 Å². The Morgan fingerprint density at radius 1 is 1.17 bits per heavy atom. The van der Waals surface area contributed by atoms with Gasteiger partial charge in [-0.05, 0) is 56.8 Å². The highest BCUT2D eigenvalue weighted by atomic mass is 79.9. The monoisotopic (exact) mass is 390 g/mol. The number of rotatable bonds is 7. The van der Waals surface area contributed by atoms with Crippen LogP contribution in [0, 0.1) is 13.8 Å². The lowest BCUT2D eigenvalue weighted by Crippen LogP contribution is -2.33. The van der Waals surface area contributed by atoms with Crippen molar-refractivity contribution in [3.63, 3.8) is 0 Å². The quantitative estimate of drug-likeness (QED) is 0.776. The highest BCUT2D eigenvalue weighted by Crippen LogP contribution is 2.19. The van der Waals surface area contributed by atoms with Crippen LogP contribution < -0.4 is 10.1 Å². The number of carbonyl (C=O) groups excluding carboxylic acids is 1. The Bertz CT molecular complexity index is 686. The Hall–Kier alpha value is -1.85. The van der Waals surface area contributed by atoms with Gasteiger partial charge in [-0.1, -0.05) is 33.6 Å². The van der Waals surface area contributed by atoms with Gasteiger partial charge in [-0.25, -0.2) is 0 Å². The van der Waals surface area contributed by atoms with Crippen LogP contribution in [-0.2, 0) is 4.79 Å². The Morgan fingerprint density at radius 3 is 2.54 bits per heavy atom. The van der Waals surface area contributed by atoms with Gasteiger partial charge >= 0.3 is 0 Å². The topological polar surface area (TPSA) is 41.6 Å². The first-order valence-electron chi connectivity index (χ1n) is 7.88. The zero-order valence-electron chi connectivity index (χ0n) is 14.3. The molecule has 0 fully saturated rings. The first-order chi connectivity index (χ1) is 11.4. The summed E-state index contributed by atoms with van der Waals surface area (Å²) in [5.74, 6) is 0.821. The molecule has 0 atom stereocenters. The van der Waals surface area contributed by atoms with E-state index in [2.05, 4.69) is 21.2 Å². The summed E-state index contributed by atoms with van der Waals surface area (Å²) in [5, 5.41) is 2.94. The molecule has 0 bridgehead atoms. The van der Waals surface area contributed by atoms with Crippen LogP contribution in [0.3, 0.4) is 0 Å². The number of carbonyl (C=O) groups is 1. The Morgan fingerprint density at radius 2 is 1.88 bits per heavy atom. The number of likely N-dealkylation sites (N-methyl/N-ethyl adjacent to an activating group) is 1. The largest absolute Gasteiger partial charge is 0.492 e. The van der Waals surface area contributed by atoms with E-state index in [0.29, 0.717) is 19.7 Å². The van der Waals surface area contributed by atoms with E-state index in [1.54, 1.807) is 0 Å². The van der Waals surface area contributed by atoms with Crippen molar-refractivity contribution in [2.24, 2.45) is 0 Å². The molecule has 0 aliphatic heterocycles. The molecule has 2 aromatic carbocycles. The minimum atomic E-state index is -0.0294. The standard InChI is InChI=1S/C19H23BrN2O2/c1-14-4-7-17(8-5-14)24-11-10-22(3)13-19(23)21-18-9-6-16(20)12-15(18)2/h4-9,12H,10-11,13H2,1-3H3,(H,21,23). The van der Waals surface area contributed by atoms with Crippen molar-refractivity contribution in [3.8, 4) is 5.75 Å². The first kappa shape index (κ1) is 18.5. The fourth-order valence-corrected chi connectivity index (χ4v) is 2.71. The molecule has 0 saturated heterocycles. The molecule has 0 unspecified atom stereocenters. The summed E-state index contributed by atoms with van der Waals surface area (Å²) >= 11 is 3.42. The van der Waals surface area contributed by atoms with Crippen molar-refractivity contribution in [3.05, 3.63) is 58.1 Å². The Kier molecular flexibility index (Phi) is 6.82. The Labute approximate surface area is 151 Å². The van der Waals surface area contributed by atoms with E-state index >= 15 is 0 Å². The van der Waals surface area contributed by atoms with Crippen molar-refractivity contribution in [2.75, 3.05) is 32.1 Å². The minimum Gasteiger partial charge on any atom is -0.492 e. The maximum atomic E-state index is 12.1. The molecule has 1 amide bonds. The molecule has 5 heteroatoms. The maximum Gasteiger partial charge on any atom is 0.238 e. The molecular formula is C19H23BrN2O2. The lowest BCUT2D eigenvalue weighted by molar-refractivity contribution is -0.117. The number of anilines is 1. The second kappa shape index (κ2) is 8.85. The van der Waals surface area contributed by atoms with Gasteiger partial charge in [0.2, 0.25) is 5.91 Å². The minimum absolute atomic E-state index is 0.0294. The smallest absolute Gasteiger partial charge is 0.238 e. The summed E-state index contributed by atoms with van der Waals surface area (Å²) in [6, 6.07) is 13.8. The molecule has 1 N–H and O–H groups in total. The average molecular weight is 391 g/mol. The highest BCUT2D eigenvalue weighted by Gasteiger charge is 2.08. The van der Waals surface area contributed by atoms with Crippen LogP contribution in [0.1, 0.15) is 11.1 Å². The van der Waals surface area contributed by atoms with Gasteiger partial charge in [0, 0.05) is 16.7 Å². The number of aryl methyl sites for hydroxylation is 2. The molecule has 2 aromatic rings. The molecule has 0 heterocycles. The second-order valence-corrected chi connectivity index (χ2v) is 6.82. The number of benzene rings is 2. The third-order valence-electron chi connectivity index (χ3n) is 3.64. The molecule has 0 aliphatic carbocycles. The summed E-state index contributed by atoms with van der Waals surface area (Å²) in [7, 11) is 1.91. The molecule has 4 nitrogen and oxygen atoms in total. The SMILES string of the molecule is Cc1ccc(OCCN(C)CC(=O)Nc2ccc(Br)cc2C)cc1. The van der Waals surface area contributed by atoms with E-state index in [4.69, 9.17) is 4.74 Å². The van der Waals surface area contributed by atoms with Crippen molar-refractivity contribution in [1.29, 1.82) is 0 Å². The van der Waals surface area contributed by atoms with Gasteiger partial charge in [-0.2, -0.15) is 0 Å². The first-order valence-corrected chi connectivity index (χ1v) is 8.67. The number of ether oxygens (including phenoxy) is 1. The third kappa shape index (κ3) is 5.98. The Balaban J connectivity index is 1.74. The van der Waals surface area contributed by atoms with Crippen LogP contribution in [0.5, 0.6) is 5.75 Å². The van der Waals surface area contributed by atoms with E-state index < -0.39 is 0 Å². The number of nitrogens with one attached hydrogen (secondary N) is 1. The van der Waals surface area contributed by atoms with Gasteiger partial charge in [-0.3, -0.25) is 9.69 Å². The second-order valence-electron chi connectivity index (χ2n) is 5.91. The van der Waals surface area contributed by atoms with E-state index in [1.807, 2.05) is 68.3 Å². The number of amides is 1. The van der Waals surface area contributed by atoms with E-state index in [9.17, 15) is 4.79 Å². The molecule has 0 saturated carbocycles. The summed E-state index contributed by atoms with van der Waals surface area (Å²) in [4.78, 5) is 14.1. The number of halogens is 1. The maximum absolute atomic E-state index is 12.1. The fraction of sp³-hybridized carbons (Fsp3) is 0.316. The molecule has 128 valence electrons. The van der Waals surface area contributed by atoms with Crippen molar-refractivity contribution >= 4 is 27.5 Å². The van der Waals surface area contributed by atoms with Gasteiger partial charge in [-0.15, -0.1) is 0 Å². The van der Waals surface area contributed by atoms with Crippen molar-refractivity contribution in [1.82, 2.24) is 4.90 Å². The number of nitrogens with zero attached hydrogens (tertiary/aromatic N) is 1. The van der Waals surface area contributed by atoms with Crippen molar-refractivity contribution < 1.29 is 9.53 Å². The molecule has 2 rings (SSSR count). The molecule has 0 spiro atoms. The van der Waals surface area contributed by atoms with Gasteiger partial charge in [0.25, 0.3) is 0 Å². The molecule has 0 aliphatic rings. The third-order valence-corrected chi connectivity index (χ3v) is 4.13. The average Bonchev–Trinajstić information content (AvgIpc) is 2.52. The predicted molar refractivity (Wildman–Crippen MR) is 102 cm³/mol. The summed E-state index contributed by atoms with van der Waals surface area (Å²) in [6.07, 6.45) is 0. The normalized spacial score (nSPS) is 10.7. The summed E-state index contributed by atoms with van der Waals surface area (Å²) in [5.41, 5.74) is 3.08. The lowest BCUT2D eigenvalue weighted by Gasteiger charge is -2.17. The molecule has 0 radical (unpaired) electrons. The molecule has 0 aromatic heterocycles. The highest BCUT2D eigenvalue weighted by molar-refractivity contribution is 9.10. The van der Waals surface area contributed by atoms with Crippen LogP contribution in [0.15, 0.2) is 46.9 Å². The zero-order valence-corrected chi connectivity index (χ0v) is 15.9. The zero-order chi connectivity index (χ0) is 17.5. The van der Waals surface area contributed by atoms with Gasteiger partial charge in [0.15, 0.2) is 0 Å². The lowest BCUT2D eigenvalue weighted by atomic mass is 10.2. The molecular weight excluding hydrogens is 368 g/mol. The van der Waals surface area contributed by atoms with Crippen molar-refractivity contribution in [2.45, 2.75) is 13.8 Å². The van der Waals surface area contributed by atoms with Gasteiger partial charge < -0.3 is 10.1 Å². The van der Waals surface area contributed by atoms with Crippen LogP contribution in [0.4, 0.5) is 5.69 Å². The fourth-order valence-electron chi connectivity index (χ4n) is 2.24. The van der Waals surface area contributed by atoms with Gasteiger partial charge in [0.05, 0.1) is 6.54 Å². The van der Waals surface area contributed by atoms with Crippen LogP contribution in [0.25, 0.3) is 0 Å². The van der Waals surface area contributed by atoms with Crippen LogP contribution >= 0.6 is 15.9 Å². The van der Waals surface area contributed by atoms with E-state index in [0.717, 1.165) is 21.5 Å². The number of hydrogen-bond acceptors (Lipinski definition) is 3. The summed E-state index contributed by atoms with van der Waals surface area (Å²) in [6.45, 7) is 5.57. The predicted octanol–water partition coefficient (Wildman–Crippen LogP) is 4.02. The van der Waals surface area contributed by atoms with E-state index in [1.165, 1.54) is 5.56 Å². The van der Waals surface area contributed by atoms with E-state index in [-0.39, 0.29) is 5.91 Å². The van der Waals surface area contributed by atoms with Crippen LogP contribution in [-0.4, -0.2) is 37.6 Å². The number of hydrogen-bond donors (Lipinski definition) is 1. The van der Waals surface area contributed by atoms with Crippen LogP contribution in [0.2, 0.25) is 0 Å². The summed E-state index contributed by atoms with van der Waals surface area (Å²) < 4.78 is 6.69. The molecule has 24 heavy (non-hydrogen) atoms.